The first-order valence-corrected chi connectivity index (χ1v) is 6.13. The van der Waals surface area contributed by atoms with E-state index >= 15 is 0 Å². The maximum absolute atomic E-state index is 12.3. The van der Waals surface area contributed by atoms with Gasteiger partial charge in [-0.3, -0.25) is 4.57 Å². The molecular weight excluding hydrogens is 287 g/mol. The summed E-state index contributed by atoms with van der Waals surface area (Å²) in [6.07, 6.45) is -0.579. The highest BCUT2D eigenvalue weighted by molar-refractivity contribution is 5.38. The van der Waals surface area contributed by atoms with Gasteiger partial charge in [-0.2, -0.15) is 28.1 Å². The molecule has 0 aliphatic rings. The Labute approximate surface area is 118 Å². The van der Waals surface area contributed by atoms with E-state index in [1.165, 1.54) is 17.8 Å². The van der Waals surface area contributed by atoms with E-state index in [1.807, 2.05) is 0 Å². The summed E-state index contributed by atoms with van der Waals surface area (Å²) in [4.78, 5) is 16.0. The predicted molar refractivity (Wildman–Crippen MR) is 70.3 cm³/mol. The second-order valence-corrected chi connectivity index (χ2v) is 4.37. The molecule has 7 nitrogen and oxygen atoms in total. The van der Waals surface area contributed by atoms with Crippen LogP contribution >= 0.6 is 0 Å². The minimum atomic E-state index is -4.25. The summed E-state index contributed by atoms with van der Waals surface area (Å²) in [5.41, 5.74) is 0. The molecule has 0 saturated carbocycles. The highest BCUT2D eigenvalue weighted by Crippen LogP contribution is 2.22. The molecule has 1 atom stereocenters. The molecule has 0 aliphatic heterocycles. The van der Waals surface area contributed by atoms with Crippen molar-refractivity contribution in [3.63, 3.8) is 0 Å². The van der Waals surface area contributed by atoms with E-state index in [0.29, 0.717) is 0 Å². The topological polar surface area (TPSA) is 80.5 Å². The first kappa shape index (κ1) is 15.0. The Hall–Kier alpha value is -2.39. The van der Waals surface area contributed by atoms with Gasteiger partial charge in [0.05, 0.1) is 6.42 Å². The predicted octanol–water partition coefficient (Wildman–Crippen LogP) is 1.85. The van der Waals surface area contributed by atoms with Crippen molar-refractivity contribution in [1.29, 1.82) is 0 Å². The zero-order valence-corrected chi connectivity index (χ0v) is 11.4. The van der Waals surface area contributed by atoms with Crippen LogP contribution in [0.2, 0.25) is 0 Å². The Kier molecular flexibility index (Phi) is 4.24. The highest BCUT2D eigenvalue weighted by Gasteiger charge is 2.30. The molecule has 0 aromatic carbocycles. The van der Waals surface area contributed by atoms with Crippen LogP contribution in [-0.4, -0.2) is 43.8 Å². The summed E-state index contributed by atoms with van der Waals surface area (Å²) in [5.74, 6) is 0.568. The van der Waals surface area contributed by atoms with Crippen LogP contribution in [0, 0.1) is 0 Å². The maximum Gasteiger partial charge on any atom is 0.391 e. The molecule has 0 bridgehead atoms. The first-order chi connectivity index (χ1) is 9.87. The number of hydrogen-bond acceptors (Lipinski definition) is 6. The molecule has 21 heavy (non-hydrogen) atoms. The van der Waals surface area contributed by atoms with E-state index in [-0.39, 0.29) is 17.8 Å². The molecule has 0 amide bonds. The monoisotopic (exact) mass is 301 g/mol. The zero-order chi connectivity index (χ0) is 15.5. The molecule has 0 fully saturated rings. The van der Waals surface area contributed by atoms with Crippen molar-refractivity contribution in [1.82, 2.24) is 24.5 Å². The lowest BCUT2D eigenvalue weighted by molar-refractivity contribution is -0.136. The molecule has 0 aliphatic carbocycles. The standard InChI is InChI=1S/C11H14F3N7/c1-7(5-11(12,13)14)17-9-18-8(15-2)19-10(20-9)21-4-3-16-6-21/h3-4,6-7H,5H2,1-2H3,(H2,15,17,18,19,20). The van der Waals surface area contributed by atoms with Crippen LogP contribution in [0.25, 0.3) is 5.95 Å². The Balaban J connectivity index is 2.21. The van der Waals surface area contributed by atoms with Crippen molar-refractivity contribution in [3.8, 4) is 5.95 Å². The van der Waals surface area contributed by atoms with Crippen LogP contribution < -0.4 is 10.6 Å². The molecule has 0 saturated heterocycles. The first-order valence-electron chi connectivity index (χ1n) is 6.13. The molecule has 0 spiro atoms. The van der Waals surface area contributed by atoms with Gasteiger partial charge in [-0.1, -0.05) is 0 Å². The van der Waals surface area contributed by atoms with Crippen LogP contribution in [0.1, 0.15) is 13.3 Å². The molecule has 10 heteroatoms. The minimum absolute atomic E-state index is 0.0646. The second-order valence-electron chi connectivity index (χ2n) is 4.37. The van der Waals surface area contributed by atoms with Crippen molar-refractivity contribution in [3.05, 3.63) is 18.7 Å². The Morgan fingerprint density at radius 2 is 1.95 bits per heavy atom. The van der Waals surface area contributed by atoms with Crippen molar-refractivity contribution in [2.75, 3.05) is 17.7 Å². The molecule has 114 valence electrons. The minimum Gasteiger partial charge on any atom is -0.357 e. The lowest BCUT2D eigenvalue weighted by Gasteiger charge is -2.16. The fourth-order valence-electron chi connectivity index (χ4n) is 1.65. The lowest BCUT2D eigenvalue weighted by atomic mass is 10.2. The zero-order valence-electron chi connectivity index (χ0n) is 11.4. The quantitative estimate of drug-likeness (QED) is 0.877. The van der Waals surface area contributed by atoms with Crippen molar-refractivity contribution in [2.45, 2.75) is 25.6 Å². The summed E-state index contributed by atoms with van der Waals surface area (Å²) in [6.45, 7) is 1.41. The number of anilines is 2. The Bertz CT molecular complexity index is 582. The summed E-state index contributed by atoms with van der Waals surface area (Å²) >= 11 is 0. The average Bonchev–Trinajstić information content (AvgIpc) is 2.89. The summed E-state index contributed by atoms with van der Waals surface area (Å²) < 4.78 is 38.5. The van der Waals surface area contributed by atoms with Gasteiger partial charge in [-0.15, -0.1) is 0 Å². The third-order valence-electron chi connectivity index (χ3n) is 2.50. The van der Waals surface area contributed by atoms with Gasteiger partial charge in [0, 0.05) is 25.5 Å². The molecule has 0 radical (unpaired) electrons. The van der Waals surface area contributed by atoms with Gasteiger partial charge in [0.2, 0.25) is 17.8 Å². The molecule has 2 aromatic heterocycles. The number of hydrogen-bond donors (Lipinski definition) is 2. The Morgan fingerprint density at radius 1 is 1.24 bits per heavy atom. The number of alkyl halides is 3. The highest BCUT2D eigenvalue weighted by atomic mass is 19.4. The summed E-state index contributed by atoms with van der Waals surface area (Å²) in [6, 6.07) is -0.854. The molecule has 1 unspecified atom stereocenters. The van der Waals surface area contributed by atoms with Gasteiger partial charge in [0.25, 0.3) is 0 Å². The Morgan fingerprint density at radius 3 is 2.52 bits per heavy atom. The van der Waals surface area contributed by atoms with Crippen LogP contribution in [0.4, 0.5) is 25.1 Å². The summed E-state index contributed by atoms with van der Waals surface area (Å²) in [5, 5.41) is 5.35. The molecule has 2 heterocycles. The lowest BCUT2D eigenvalue weighted by Crippen LogP contribution is -2.25. The molecule has 2 aromatic rings. The van der Waals surface area contributed by atoms with Gasteiger partial charge < -0.3 is 10.6 Å². The van der Waals surface area contributed by atoms with Crippen molar-refractivity contribution >= 4 is 11.9 Å². The normalized spacial score (nSPS) is 13.0. The van der Waals surface area contributed by atoms with Crippen LogP contribution in [0.3, 0.4) is 0 Å². The van der Waals surface area contributed by atoms with Crippen LogP contribution in [0.5, 0.6) is 0 Å². The number of nitrogens with one attached hydrogen (secondary N) is 2. The number of rotatable bonds is 5. The van der Waals surface area contributed by atoms with E-state index < -0.39 is 18.6 Å². The molecule has 2 N–H and O–H groups in total. The van der Waals surface area contributed by atoms with Gasteiger partial charge in [0.15, 0.2) is 0 Å². The van der Waals surface area contributed by atoms with Gasteiger partial charge in [-0.05, 0) is 6.92 Å². The largest absolute Gasteiger partial charge is 0.391 e. The van der Waals surface area contributed by atoms with E-state index in [2.05, 4.69) is 30.6 Å². The fourth-order valence-corrected chi connectivity index (χ4v) is 1.65. The van der Waals surface area contributed by atoms with Crippen LogP contribution in [0.15, 0.2) is 18.7 Å². The van der Waals surface area contributed by atoms with E-state index in [9.17, 15) is 13.2 Å². The van der Waals surface area contributed by atoms with Gasteiger partial charge in [-0.25, -0.2) is 4.98 Å². The number of imidazole rings is 1. The third kappa shape index (κ3) is 4.29. The van der Waals surface area contributed by atoms with Crippen molar-refractivity contribution in [2.24, 2.45) is 0 Å². The SMILES string of the molecule is CNc1nc(NC(C)CC(F)(F)F)nc(-n2ccnc2)n1. The number of aromatic nitrogens is 5. The van der Waals surface area contributed by atoms with Crippen molar-refractivity contribution < 1.29 is 13.2 Å². The second kappa shape index (κ2) is 5.94. The number of nitrogens with zero attached hydrogens (tertiary/aromatic N) is 5. The summed E-state index contributed by atoms with van der Waals surface area (Å²) in [7, 11) is 1.61. The molecular formula is C11H14F3N7. The van der Waals surface area contributed by atoms with E-state index in [0.717, 1.165) is 0 Å². The van der Waals surface area contributed by atoms with Crippen LogP contribution in [-0.2, 0) is 0 Å². The number of halogens is 3. The smallest absolute Gasteiger partial charge is 0.357 e. The fraction of sp³-hybridized carbons (Fsp3) is 0.455. The van der Waals surface area contributed by atoms with E-state index in [4.69, 9.17) is 0 Å². The van der Waals surface area contributed by atoms with E-state index in [1.54, 1.807) is 19.4 Å². The molecule has 2 rings (SSSR count). The maximum atomic E-state index is 12.3. The average molecular weight is 301 g/mol. The van der Waals surface area contributed by atoms with Gasteiger partial charge in [0.1, 0.15) is 6.33 Å². The third-order valence-corrected chi connectivity index (χ3v) is 2.50. The van der Waals surface area contributed by atoms with Gasteiger partial charge >= 0.3 is 6.18 Å².